The molecule has 19 heavy (non-hydrogen) atoms. The maximum atomic E-state index is 13.4. The lowest BCUT2D eigenvalue weighted by Crippen LogP contribution is -2.01. The molecular formula is C13H13F2N3O. The van der Waals surface area contributed by atoms with E-state index in [1.807, 2.05) is 0 Å². The largest absolute Gasteiger partial charge is 0.439 e. The molecule has 1 aromatic heterocycles. The number of benzene rings is 1. The minimum absolute atomic E-state index is 0.0923. The molecule has 2 aromatic rings. The Morgan fingerprint density at radius 2 is 2.05 bits per heavy atom. The van der Waals surface area contributed by atoms with Crippen molar-refractivity contribution in [3.8, 4) is 0 Å². The van der Waals surface area contributed by atoms with Crippen molar-refractivity contribution in [1.82, 2.24) is 4.98 Å². The van der Waals surface area contributed by atoms with Crippen molar-refractivity contribution in [3.05, 3.63) is 47.2 Å². The minimum atomic E-state index is -0.706. The lowest BCUT2D eigenvalue weighted by molar-refractivity contribution is 0.512. The van der Waals surface area contributed by atoms with Gasteiger partial charge in [0.15, 0.2) is 17.5 Å². The molecule has 0 atom stereocenters. The first kappa shape index (κ1) is 13.2. The smallest absolute Gasteiger partial charge is 0.192 e. The molecule has 1 heterocycles. The molecule has 2 rings (SSSR count). The number of nitrogens with zero attached hydrogens (tertiary/aromatic N) is 2. The van der Waals surface area contributed by atoms with Crippen LogP contribution in [0.4, 0.5) is 14.5 Å². The molecule has 0 saturated heterocycles. The van der Waals surface area contributed by atoms with Crippen LogP contribution >= 0.6 is 0 Å². The fourth-order valence-corrected chi connectivity index (χ4v) is 1.64. The van der Waals surface area contributed by atoms with E-state index in [2.05, 4.69) is 15.5 Å². The summed E-state index contributed by atoms with van der Waals surface area (Å²) in [5, 5.41) is 4.00. The molecule has 0 bridgehead atoms. The van der Waals surface area contributed by atoms with Gasteiger partial charge in [-0.3, -0.25) is 5.43 Å². The SMILES string of the molecule is C/C(=N\Nc1ccc(F)cc1F)c1oc(C)nc1C. The van der Waals surface area contributed by atoms with Gasteiger partial charge in [-0.1, -0.05) is 0 Å². The first-order valence-corrected chi connectivity index (χ1v) is 5.67. The molecule has 0 aliphatic heterocycles. The Kier molecular flexibility index (Phi) is 3.59. The average Bonchev–Trinajstić information content (AvgIpc) is 2.67. The van der Waals surface area contributed by atoms with Crippen LogP contribution in [-0.4, -0.2) is 10.7 Å². The van der Waals surface area contributed by atoms with Gasteiger partial charge in [0.05, 0.1) is 11.4 Å². The number of hydrazone groups is 1. The van der Waals surface area contributed by atoms with Crippen LogP contribution in [0.15, 0.2) is 27.7 Å². The van der Waals surface area contributed by atoms with Crippen LogP contribution in [-0.2, 0) is 0 Å². The molecule has 1 N–H and O–H groups in total. The number of nitrogens with one attached hydrogen (secondary N) is 1. The Morgan fingerprint density at radius 3 is 2.63 bits per heavy atom. The summed E-state index contributed by atoms with van der Waals surface area (Å²) in [7, 11) is 0. The zero-order valence-electron chi connectivity index (χ0n) is 10.8. The average molecular weight is 265 g/mol. The van der Waals surface area contributed by atoms with E-state index in [0.29, 0.717) is 23.1 Å². The molecular weight excluding hydrogens is 252 g/mol. The fraction of sp³-hybridized carbons (Fsp3) is 0.231. The highest BCUT2D eigenvalue weighted by atomic mass is 19.1. The molecule has 0 unspecified atom stereocenters. The Hall–Kier alpha value is -2.24. The van der Waals surface area contributed by atoms with E-state index in [9.17, 15) is 8.78 Å². The first-order chi connectivity index (χ1) is 8.97. The normalized spacial score (nSPS) is 11.7. The van der Waals surface area contributed by atoms with E-state index < -0.39 is 11.6 Å². The number of rotatable bonds is 3. The zero-order valence-corrected chi connectivity index (χ0v) is 10.8. The van der Waals surface area contributed by atoms with Gasteiger partial charge in [0.2, 0.25) is 0 Å². The zero-order chi connectivity index (χ0) is 14.0. The van der Waals surface area contributed by atoms with Crippen LogP contribution in [0.2, 0.25) is 0 Å². The van der Waals surface area contributed by atoms with E-state index in [0.717, 1.165) is 12.1 Å². The summed E-state index contributed by atoms with van der Waals surface area (Å²) in [6.07, 6.45) is 0. The summed E-state index contributed by atoms with van der Waals surface area (Å²) >= 11 is 0. The molecule has 1 aromatic carbocycles. The predicted molar refractivity (Wildman–Crippen MR) is 68.2 cm³/mol. The number of halogens is 2. The van der Waals surface area contributed by atoms with Gasteiger partial charge in [-0.05, 0) is 26.0 Å². The molecule has 6 heteroatoms. The van der Waals surface area contributed by atoms with Gasteiger partial charge in [0.1, 0.15) is 11.5 Å². The van der Waals surface area contributed by atoms with Crippen LogP contribution in [0, 0.1) is 25.5 Å². The second kappa shape index (κ2) is 5.17. The van der Waals surface area contributed by atoms with Crippen molar-refractivity contribution in [2.24, 2.45) is 5.10 Å². The molecule has 0 aliphatic carbocycles. The maximum Gasteiger partial charge on any atom is 0.192 e. The van der Waals surface area contributed by atoms with Crippen LogP contribution in [0.3, 0.4) is 0 Å². The second-order valence-electron chi connectivity index (χ2n) is 4.08. The van der Waals surface area contributed by atoms with Gasteiger partial charge in [0, 0.05) is 13.0 Å². The standard InChI is InChI=1S/C13H13F2N3O/c1-7-13(19-9(3)16-7)8(2)17-18-12-5-4-10(14)6-11(12)15/h4-6,18H,1-3H3/b17-8+. The van der Waals surface area contributed by atoms with Crippen molar-refractivity contribution < 1.29 is 13.2 Å². The van der Waals surface area contributed by atoms with Crippen molar-refractivity contribution >= 4 is 11.4 Å². The van der Waals surface area contributed by atoms with Crippen molar-refractivity contribution in [2.45, 2.75) is 20.8 Å². The first-order valence-electron chi connectivity index (χ1n) is 5.67. The summed E-state index contributed by atoms with van der Waals surface area (Å²) in [5.41, 5.74) is 3.86. The third-order valence-corrected chi connectivity index (χ3v) is 2.51. The van der Waals surface area contributed by atoms with Crippen molar-refractivity contribution in [3.63, 3.8) is 0 Å². The summed E-state index contributed by atoms with van der Waals surface area (Å²) in [6.45, 7) is 5.24. The quantitative estimate of drug-likeness (QED) is 0.683. The number of aryl methyl sites for hydroxylation is 2. The van der Waals surface area contributed by atoms with E-state index in [-0.39, 0.29) is 5.69 Å². The van der Waals surface area contributed by atoms with Gasteiger partial charge >= 0.3 is 0 Å². The number of hydrogen-bond donors (Lipinski definition) is 1. The molecule has 0 fully saturated rings. The predicted octanol–water partition coefficient (Wildman–Crippen LogP) is 3.41. The summed E-state index contributed by atoms with van der Waals surface area (Å²) < 4.78 is 31.5. The third kappa shape index (κ3) is 2.96. The molecule has 4 nitrogen and oxygen atoms in total. The van der Waals surface area contributed by atoms with Gasteiger partial charge in [-0.25, -0.2) is 13.8 Å². The molecule has 0 aliphatic rings. The monoisotopic (exact) mass is 265 g/mol. The molecule has 0 radical (unpaired) electrons. The lowest BCUT2D eigenvalue weighted by atomic mass is 10.3. The van der Waals surface area contributed by atoms with Crippen LogP contribution in [0.5, 0.6) is 0 Å². The summed E-state index contributed by atoms with van der Waals surface area (Å²) in [4.78, 5) is 4.12. The van der Waals surface area contributed by atoms with Crippen molar-refractivity contribution in [1.29, 1.82) is 0 Å². The summed E-state index contributed by atoms with van der Waals surface area (Å²) in [6, 6.07) is 3.22. The van der Waals surface area contributed by atoms with Crippen LogP contribution < -0.4 is 5.43 Å². The number of aromatic nitrogens is 1. The Labute approximate surface area is 109 Å². The van der Waals surface area contributed by atoms with Crippen molar-refractivity contribution in [2.75, 3.05) is 5.43 Å². The maximum absolute atomic E-state index is 13.4. The fourth-order valence-electron chi connectivity index (χ4n) is 1.64. The van der Waals surface area contributed by atoms with Gasteiger partial charge < -0.3 is 4.42 Å². The van der Waals surface area contributed by atoms with E-state index in [1.54, 1.807) is 20.8 Å². The highest BCUT2D eigenvalue weighted by Crippen LogP contribution is 2.16. The minimum Gasteiger partial charge on any atom is -0.439 e. The number of hydrogen-bond acceptors (Lipinski definition) is 4. The van der Waals surface area contributed by atoms with Gasteiger partial charge in [-0.2, -0.15) is 5.10 Å². The Balaban J connectivity index is 2.20. The Morgan fingerprint density at radius 1 is 1.32 bits per heavy atom. The third-order valence-electron chi connectivity index (χ3n) is 2.51. The number of oxazole rings is 1. The Bertz CT molecular complexity index is 635. The number of anilines is 1. The highest BCUT2D eigenvalue weighted by Gasteiger charge is 2.10. The molecule has 0 saturated carbocycles. The van der Waals surface area contributed by atoms with Crippen LogP contribution in [0.25, 0.3) is 0 Å². The van der Waals surface area contributed by atoms with E-state index >= 15 is 0 Å². The van der Waals surface area contributed by atoms with E-state index in [1.165, 1.54) is 6.07 Å². The highest BCUT2D eigenvalue weighted by molar-refractivity contribution is 5.97. The second-order valence-corrected chi connectivity index (χ2v) is 4.08. The van der Waals surface area contributed by atoms with Crippen LogP contribution in [0.1, 0.15) is 24.3 Å². The lowest BCUT2D eigenvalue weighted by Gasteiger charge is -2.03. The van der Waals surface area contributed by atoms with E-state index in [4.69, 9.17) is 4.42 Å². The summed E-state index contributed by atoms with van der Waals surface area (Å²) in [5.74, 6) is -0.269. The molecule has 100 valence electrons. The van der Waals surface area contributed by atoms with Gasteiger partial charge in [0.25, 0.3) is 0 Å². The molecule has 0 spiro atoms. The topological polar surface area (TPSA) is 50.4 Å². The van der Waals surface area contributed by atoms with Gasteiger partial charge in [-0.15, -0.1) is 0 Å². The molecule has 0 amide bonds.